The highest BCUT2D eigenvalue weighted by molar-refractivity contribution is 6.04. The van der Waals surface area contributed by atoms with Gasteiger partial charge in [-0.15, -0.1) is 0 Å². The van der Waals surface area contributed by atoms with E-state index in [9.17, 15) is 0 Å². The van der Waals surface area contributed by atoms with Crippen molar-refractivity contribution in [3.05, 3.63) is 22.5 Å². The summed E-state index contributed by atoms with van der Waals surface area (Å²) in [7, 11) is 1.93. The summed E-state index contributed by atoms with van der Waals surface area (Å²) < 4.78 is 1.91. The largest absolute Gasteiger partial charge is 0.369 e. The fraction of sp³-hybridized carbons (Fsp3) is 0.357. The summed E-state index contributed by atoms with van der Waals surface area (Å²) in [6.07, 6.45) is 0. The molecule has 2 aromatic heterocycles. The standard InChI is InChI=1S/C14H17N5/c1-6-7(2)13-12(18-14(15)19(13)5)11-10(6)16-8(3)9(4)17-11/h1-5H3,(H2,15,18). The lowest BCUT2D eigenvalue weighted by Gasteiger charge is -2.10. The number of benzene rings is 1. The molecule has 0 saturated heterocycles. The predicted octanol–water partition coefficient (Wildman–Crippen LogP) is 2.33. The molecule has 0 aliphatic heterocycles. The number of aryl methyl sites for hydroxylation is 5. The van der Waals surface area contributed by atoms with Crippen molar-refractivity contribution in [1.29, 1.82) is 0 Å². The number of nitrogens with zero attached hydrogens (tertiary/aromatic N) is 4. The Morgan fingerprint density at radius 3 is 2.00 bits per heavy atom. The smallest absolute Gasteiger partial charge is 0.201 e. The van der Waals surface area contributed by atoms with E-state index in [0.717, 1.165) is 44.6 Å². The maximum Gasteiger partial charge on any atom is 0.201 e. The molecule has 0 aliphatic carbocycles. The van der Waals surface area contributed by atoms with Gasteiger partial charge in [-0.1, -0.05) is 0 Å². The highest BCUT2D eigenvalue weighted by Crippen LogP contribution is 2.31. The molecule has 3 aromatic rings. The molecular formula is C14H17N5. The van der Waals surface area contributed by atoms with Crippen LogP contribution in [0.25, 0.3) is 22.1 Å². The molecule has 2 heterocycles. The highest BCUT2D eigenvalue weighted by Gasteiger charge is 2.17. The van der Waals surface area contributed by atoms with Gasteiger partial charge in [0.1, 0.15) is 11.0 Å². The molecule has 0 saturated carbocycles. The molecule has 1 aromatic carbocycles. The number of nitrogens with two attached hydrogens (primary N) is 1. The van der Waals surface area contributed by atoms with Crippen molar-refractivity contribution >= 4 is 28.0 Å². The first-order chi connectivity index (χ1) is 8.91. The van der Waals surface area contributed by atoms with Crippen LogP contribution in [0, 0.1) is 27.7 Å². The van der Waals surface area contributed by atoms with Crippen LogP contribution < -0.4 is 5.73 Å². The van der Waals surface area contributed by atoms with Crippen LogP contribution in [0.3, 0.4) is 0 Å². The van der Waals surface area contributed by atoms with E-state index in [1.54, 1.807) is 0 Å². The highest BCUT2D eigenvalue weighted by atomic mass is 15.1. The molecule has 0 bridgehead atoms. The third-order valence-electron chi connectivity index (χ3n) is 3.93. The van der Waals surface area contributed by atoms with Crippen molar-refractivity contribution in [3.8, 4) is 0 Å². The Bertz CT molecular complexity index is 829. The predicted molar refractivity (Wildman–Crippen MR) is 77.2 cm³/mol. The summed E-state index contributed by atoms with van der Waals surface area (Å²) >= 11 is 0. The maximum atomic E-state index is 5.93. The van der Waals surface area contributed by atoms with E-state index >= 15 is 0 Å². The van der Waals surface area contributed by atoms with Crippen LogP contribution in [0.5, 0.6) is 0 Å². The number of aromatic nitrogens is 4. The second-order valence-electron chi connectivity index (χ2n) is 5.07. The van der Waals surface area contributed by atoms with Crippen molar-refractivity contribution < 1.29 is 0 Å². The zero-order valence-electron chi connectivity index (χ0n) is 11.9. The molecule has 0 unspecified atom stereocenters. The number of nitrogen functional groups attached to an aromatic ring is 1. The molecule has 3 rings (SSSR count). The van der Waals surface area contributed by atoms with Crippen LogP contribution in [0.1, 0.15) is 22.5 Å². The number of hydrogen-bond acceptors (Lipinski definition) is 4. The molecule has 0 aliphatic rings. The molecule has 0 amide bonds. The lowest BCUT2D eigenvalue weighted by atomic mass is 10.0. The summed E-state index contributed by atoms with van der Waals surface area (Å²) in [6.45, 7) is 8.10. The summed E-state index contributed by atoms with van der Waals surface area (Å²) in [5.74, 6) is 0.505. The minimum Gasteiger partial charge on any atom is -0.369 e. The molecule has 0 radical (unpaired) electrons. The second-order valence-corrected chi connectivity index (χ2v) is 5.07. The second kappa shape index (κ2) is 3.66. The molecule has 98 valence electrons. The summed E-state index contributed by atoms with van der Waals surface area (Å²) in [4.78, 5) is 13.8. The molecule has 5 heteroatoms. The Morgan fingerprint density at radius 2 is 1.37 bits per heavy atom. The summed E-state index contributed by atoms with van der Waals surface area (Å²) in [5, 5.41) is 0. The molecule has 19 heavy (non-hydrogen) atoms. The van der Waals surface area contributed by atoms with Gasteiger partial charge >= 0.3 is 0 Å². The monoisotopic (exact) mass is 255 g/mol. The van der Waals surface area contributed by atoms with Crippen LogP contribution in [0.4, 0.5) is 5.95 Å². The van der Waals surface area contributed by atoms with Gasteiger partial charge in [0.15, 0.2) is 0 Å². The van der Waals surface area contributed by atoms with Crippen LogP contribution in [-0.2, 0) is 7.05 Å². The number of rotatable bonds is 0. The van der Waals surface area contributed by atoms with Crippen molar-refractivity contribution in [3.63, 3.8) is 0 Å². The molecule has 0 fully saturated rings. The fourth-order valence-corrected chi connectivity index (χ4v) is 2.50. The van der Waals surface area contributed by atoms with Gasteiger partial charge in [0.2, 0.25) is 5.95 Å². The Labute approximate surface area is 111 Å². The number of fused-ring (bicyclic) bond motifs is 3. The van der Waals surface area contributed by atoms with Gasteiger partial charge in [-0.25, -0.2) is 15.0 Å². The quantitative estimate of drug-likeness (QED) is 0.669. The van der Waals surface area contributed by atoms with Gasteiger partial charge in [-0.3, -0.25) is 0 Å². The van der Waals surface area contributed by atoms with Gasteiger partial charge in [0, 0.05) is 7.05 Å². The van der Waals surface area contributed by atoms with E-state index in [0.29, 0.717) is 5.95 Å². The zero-order chi connectivity index (χ0) is 13.9. The van der Waals surface area contributed by atoms with Crippen LogP contribution in [-0.4, -0.2) is 19.5 Å². The minimum absolute atomic E-state index is 0.505. The van der Waals surface area contributed by atoms with E-state index in [4.69, 9.17) is 5.73 Å². The van der Waals surface area contributed by atoms with Gasteiger partial charge in [-0.2, -0.15) is 0 Å². The molecule has 0 atom stereocenters. The van der Waals surface area contributed by atoms with Gasteiger partial charge in [0.25, 0.3) is 0 Å². The topological polar surface area (TPSA) is 69.6 Å². The van der Waals surface area contributed by atoms with E-state index < -0.39 is 0 Å². The SMILES string of the molecule is Cc1nc2c(C)c(C)c3c(nc(N)n3C)c2nc1C. The van der Waals surface area contributed by atoms with E-state index in [1.807, 2.05) is 25.5 Å². The normalized spacial score (nSPS) is 11.6. The van der Waals surface area contributed by atoms with Gasteiger partial charge < -0.3 is 10.3 Å². The maximum absolute atomic E-state index is 5.93. The molecule has 5 nitrogen and oxygen atoms in total. The van der Waals surface area contributed by atoms with Crippen LogP contribution in [0.15, 0.2) is 0 Å². The lowest BCUT2D eigenvalue weighted by molar-refractivity contribution is 0.960. The lowest BCUT2D eigenvalue weighted by Crippen LogP contribution is -2.00. The summed E-state index contributed by atoms with van der Waals surface area (Å²) in [6, 6.07) is 0. The third kappa shape index (κ3) is 1.44. The third-order valence-corrected chi connectivity index (χ3v) is 3.93. The van der Waals surface area contributed by atoms with Crippen molar-refractivity contribution in [2.24, 2.45) is 7.05 Å². The molecule has 0 spiro atoms. The minimum atomic E-state index is 0.505. The fourth-order valence-electron chi connectivity index (χ4n) is 2.50. The number of imidazole rings is 1. The number of hydrogen-bond donors (Lipinski definition) is 1. The Balaban J connectivity index is 2.67. The van der Waals surface area contributed by atoms with Crippen molar-refractivity contribution in [1.82, 2.24) is 19.5 Å². The van der Waals surface area contributed by atoms with Crippen LogP contribution >= 0.6 is 0 Å². The van der Waals surface area contributed by atoms with E-state index in [-0.39, 0.29) is 0 Å². The Hall–Kier alpha value is -2.17. The first kappa shape index (κ1) is 11.9. The zero-order valence-corrected chi connectivity index (χ0v) is 11.9. The van der Waals surface area contributed by atoms with E-state index in [2.05, 4.69) is 28.8 Å². The molecular weight excluding hydrogens is 238 g/mol. The Kier molecular flexibility index (Phi) is 2.29. The average Bonchev–Trinajstić information content (AvgIpc) is 2.66. The number of anilines is 1. The van der Waals surface area contributed by atoms with Crippen LogP contribution in [0.2, 0.25) is 0 Å². The van der Waals surface area contributed by atoms with Crippen molar-refractivity contribution in [2.45, 2.75) is 27.7 Å². The first-order valence-corrected chi connectivity index (χ1v) is 6.27. The molecule has 2 N–H and O–H groups in total. The van der Waals surface area contributed by atoms with Crippen molar-refractivity contribution in [2.75, 3.05) is 5.73 Å². The first-order valence-electron chi connectivity index (χ1n) is 6.27. The summed E-state index contributed by atoms with van der Waals surface area (Å²) in [5.41, 5.74) is 13.8. The average molecular weight is 255 g/mol. The van der Waals surface area contributed by atoms with Gasteiger partial charge in [0.05, 0.1) is 22.4 Å². The van der Waals surface area contributed by atoms with Gasteiger partial charge in [-0.05, 0) is 38.8 Å². The Morgan fingerprint density at radius 1 is 0.789 bits per heavy atom. The van der Waals surface area contributed by atoms with E-state index in [1.165, 1.54) is 0 Å².